The van der Waals surface area contributed by atoms with Crippen LogP contribution in [0.5, 0.6) is 0 Å². The summed E-state index contributed by atoms with van der Waals surface area (Å²) in [4.78, 5) is 107. The second-order valence-electron chi connectivity index (χ2n) is 20.4. The first-order valence-corrected chi connectivity index (χ1v) is 25.4. The normalized spacial score (nSPS) is 20.0. The maximum absolute atomic E-state index is 13.9. The fraction of sp³-hybridized carbons (Fsp3) is 0.574. The molecule has 7 N–H and O–H groups in total. The zero-order valence-electron chi connectivity index (χ0n) is 44.1. The molecule has 0 radical (unpaired) electrons. The smallest absolute Gasteiger partial charge is 0.245 e. The predicted molar refractivity (Wildman–Crippen MR) is 276 cm³/mol. The molecule has 0 aliphatic carbocycles. The number of Topliss-reactive ketones (excluding diaryl/α,β-unsaturated/α-hetero) is 2. The van der Waals surface area contributed by atoms with Gasteiger partial charge in [0.1, 0.15) is 35.6 Å². The van der Waals surface area contributed by atoms with Gasteiger partial charge in [-0.05, 0) is 115 Å². The molecule has 394 valence electrons. The summed E-state index contributed by atoms with van der Waals surface area (Å²) in [5.41, 5.74) is 2.33. The minimum Gasteiger partial charge on any atom is -0.348 e. The quantitative estimate of drug-likeness (QED) is 0.0657. The van der Waals surface area contributed by atoms with Gasteiger partial charge in [0.15, 0.2) is 5.78 Å². The molecule has 72 heavy (non-hydrogen) atoms. The summed E-state index contributed by atoms with van der Waals surface area (Å²) in [7, 11) is 3.37. The molecule has 18 nitrogen and oxygen atoms in total. The number of nitrogens with one attached hydrogen (secondary N) is 7. The average Bonchev–Trinajstić information content (AvgIpc) is 4.14. The molecular weight excluding hydrogens is 917 g/mol. The summed E-state index contributed by atoms with van der Waals surface area (Å²) in [6, 6.07) is 16.5. The molecule has 1 aromatic heterocycles. The monoisotopic (exact) mass is 997 g/mol. The second kappa shape index (κ2) is 28.1. The lowest BCUT2D eigenvalue weighted by atomic mass is 9.97. The lowest BCUT2D eigenvalue weighted by Crippen LogP contribution is -2.56. The Morgan fingerprint density at radius 2 is 0.986 bits per heavy atom. The number of carbonyl (C=O) groups excluding carboxylic acids is 8. The van der Waals surface area contributed by atoms with E-state index in [1.54, 1.807) is 43.8 Å². The molecule has 6 amide bonds. The van der Waals surface area contributed by atoms with Crippen molar-refractivity contribution in [2.75, 3.05) is 27.2 Å². The number of ketones is 2. The van der Waals surface area contributed by atoms with Crippen molar-refractivity contribution in [1.82, 2.24) is 51.9 Å². The number of hydrogen-bond donors (Lipinski definition) is 7. The van der Waals surface area contributed by atoms with Crippen LogP contribution in [0.2, 0.25) is 0 Å². The second-order valence-corrected chi connectivity index (χ2v) is 20.4. The van der Waals surface area contributed by atoms with E-state index in [1.165, 1.54) is 13.1 Å². The molecule has 2 aliphatic rings. The standard InChI is InChI=1S/C28H40N6O4.C26H40N4O4/c1-17(2)13-23(32-26(36)19(4)29-5)28(38)34-16-20(15-25(35)22-11-12-30-33-22)14-24(34)27(37)31-18(3)21-9-7-6-8-10-21;1-16(2)12-22(29-24(32)19(5)27-6)26(34)30-15-20(13-17(3)31)14-23(30)25(33)28-18(4)21-10-8-7-9-11-21/h6-12,17-20,23-24,29H,13-16H2,1-5H3,(H,30,33)(H,31,37)(H,32,36);7-11,16,18-20,22-23,27H,12-15H2,1-6H3,(H,28,33)(H,29,32)/t18-,19+,20-,23+,24+;18-,19+,20+,22+,23+/m11/s1. The maximum atomic E-state index is 13.9. The first kappa shape index (κ1) is 58.3. The summed E-state index contributed by atoms with van der Waals surface area (Å²) >= 11 is 0. The number of H-pyrrole nitrogens is 1. The van der Waals surface area contributed by atoms with E-state index in [0.717, 1.165) is 11.1 Å². The van der Waals surface area contributed by atoms with Gasteiger partial charge in [0.2, 0.25) is 35.4 Å². The molecule has 3 aromatic rings. The Kier molecular flexibility index (Phi) is 22.8. The van der Waals surface area contributed by atoms with Gasteiger partial charge in [0, 0.05) is 32.1 Å². The summed E-state index contributed by atoms with van der Waals surface area (Å²) in [6.45, 7) is 17.3. The van der Waals surface area contributed by atoms with E-state index in [1.807, 2.05) is 102 Å². The van der Waals surface area contributed by atoms with E-state index in [0.29, 0.717) is 44.3 Å². The molecule has 0 spiro atoms. The zero-order chi connectivity index (χ0) is 53.2. The van der Waals surface area contributed by atoms with Crippen LogP contribution in [0, 0.1) is 23.7 Å². The number of amides is 6. The minimum atomic E-state index is -0.776. The molecule has 18 heteroatoms. The Morgan fingerprint density at radius 3 is 1.33 bits per heavy atom. The van der Waals surface area contributed by atoms with Gasteiger partial charge in [-0.25, -0.2) is 0 Å². The van der Waals surface area contributed by atoms with Crippen LogP contribution in [0.4, 0.5) is 0 Å². The number of benzene rings is 2. The van der Waals surface area contributed by atoms with Crippen molar-refractivity contribution >= 4 is 47.0 Å². The van der Waals surface area contributed by atoms with E-state index in [4.69, 9.17) is 0 Å². The predicted octanol–water partition coefficient (Wildman–Crippen LogP) is 4.41. The molecule has 2 fully saturated rings. The molecule has 2 saturated heterocycles. The Hall–Kier alpha value is -6.27. The number of carbonyl (C=O) groups is 8. The SMILES string of the molecule is CN[C@@H](C)C(=O)N[C@@H](CC(C)C)C(=O)N1C[C@@H](CC(=O)c2ccn[nH]2)C[C@H]1C(=O)N[C@H](C)c1ccccc1.CN[C@@H](C)C(=O)N[C@@H](CC(C)C)C(=O)N1C[C@@H](CC(C)=O)C[C@H]1C(=O)N[C@H](C)c1ccccc1. The number of hydrogen-bond acceptors (Lipinski definition) is 11. The van der Waals surface area contributed by atoms with Crippen LogP contribution < -0.4 is 31.9 Å². The van der Waals surface area contributed by atoms with Crippen molar-refractivity contribution in [3.05, 3.63) is 89.7 Å². The lowest BCUT2D eigenvalue weighted by molar-refractivity contribution is -0.142. The van der Waals surface area contributed by atoms with Crippen molar-refractivity contribution < 1.29 is 38.4 Å². The molecule has 0 saturated carbocycles. The van der Waals surface area contributed by atoms with E-state index in [9.17, 15) is 38.4 Å². The summed E-state index contributed by atoms with van der Waals surface area (Å²) < 4.78 is 0. The van der Waals surface area contributed by atoms with Crippen LogP contribution in [-0.4, -0.2) is 130 Å². The van der Waals surface area contributed by atoms with Crippen molar-refractivity contribution in [3.63, 3.8) is 0 Å². The van der Waals surface area contributed by atoms with Crippen LogP contribution in [0.15, 0.2) is 72.9 Å². The third-order valence-corrected chi connectivity index (χ3v) is 13.4. The Bertz CT molecular complexity index is 2260. The van der Waals surface area contributed by atoms with Crippen molar-refractivity contribution in [2.45, 2.75) is 149 Å². The highest BCUT2D eigenvalue weighted by Gasteiger charge is 2.44. The van der Waals surface area contributed by atoms with Crippen LogP contribution in [0.25, 0.3) is 0 Å². The maximum Gasteiger partial charge on any atom is 0.245 e. The van der Waals surface area contributed by atoms with Crippen molar-refractivity contribution in [3.8, 4) is 0 Å². The third kappa shape index (κ3) is 17.2. The largest absolute Gasteiger partial charge is 0.348 e. The highest BCUT2D eigenvalue weighted by molar-refractivity contribution is 5.96. The molecule has 0 unspecified atom stereocenters. The highest BCUT2D eigenvalue weighted by atomic mass is 16.2. The van der Waals surface area contributed by atoms with Crippen LogP contribution >= 0.6 is 0 Å². The van der Waals surface area contributed by atoms with Gasteiger partial charge in [-0.2, -0.15) is 5.10 Å². The Balaban J connectivity index is 0.000000315. The number of likely N-dealkylation sites (N-methyl/N-ethyl adjacent to an activating group) is 2. The summed E-state index contributed by atoms with van der Waals surface area (Å²) in [6.07, 6.45) is 3.70. The lowest BCUT2D eigenvalue weighted by Gasteiger charge is -2.30. The van der Waals surface area contributed by atoms with E-state index < -0.39 is 36.3 Å². The summed E-state index contributed by atoms with van der Waals surface area (Å²) in [5, 5.41) is 24.1. The van der Waals surface area contributed by atoms with Gasteiger partial charge < -0.3 is 46.5 Å². The fourth-order valence-electron chi connectivity index (χ4n) is 9.23. The average molecular weight is 997 g/mol. The Morgan fingerprint density at radius 1 is 0.583 bits per heavy atom. The summed E-state index contributed by atoms with van der Waals surface area (Å²) in [5.74, 6) is -1.71. The molecule has 5 rings (SSSR count). The topological polar surface area (TPSA) is 244 Å². The van der Waals surface area contributed by atoms with Gasteiger partial charge in [0.25, 0.3) is 0 Å². The zero-order valence-corrected chi connectivity index (χ0v) is 44.1. The van der Waals surface area contributed by atoms with Gasteiger partial charge in [0.05, 0.1) is 24.2 Å². The molecular formula is C54H80N10O8. The fourth-order valence-corrected chi connectivity index (χ4v) is 9.23. The van der Waals surface area contributed by atoms with Crippen LogP contribution in [0.3, 0.4) is 0 Å². The molecule has 0 bridgehead atoms. The number of aromatic amines is 1. The van der Waals surface area contributed by atoms with E-state index in [-0.39, 0.29) is 95.7 Å². The van der Waals surface area contributed by atoms with Gasteiger partial charge in [-0.15, -0.1) is 0 Å². The Labute approximate surface area is 425 Å². The minimum absolute atomic E-state index is 0.0333. The van der Waals surface area contributed by atoms with Gasteiger partial charge >= 0.3 is 0 Å². The number of likely N-dealkylation sites (tertiary alicyclic amines) is 2. The van der Waals surface area contributed by atoms with E-state index in [2.05, 4.69) is 42.1 Å². The number of aromatic nitrogens is 2. The first-order chi connectivity index (χ1) is 34.1. The number of rotatable bonds is 23. The third-order valence-electron chi connectivity index (χ3n) is 13.4. The molecule has 2 aromatic carbocycles. The first-order valence-electron chi connectivity index (χ1n) is 25.4. The van der Waals surface area contributed by atoms with Gasteiger partial charge in [-0.1, -0.05) is 88.4 Å². The van der Waals surface area contributed by atoms with Gasteiger partial charge in [-0.3, -0.25) is 38.7 Å². The van der Waals surface area contributed by atoms with E-state index >= 15 is 0 Å². The molecule has 3 heterocycles. The molecule has 2 aliphatic heterocycles. The van der Waals surface area contributed by atoms with Crippen molar-refractivity contribution in [2.24, 2.45) is 23.7 Å². The van der Waals surface area contributed by atoms with Crippen LogP contribution in [-0.2, 0) is 33.6 Å². The number of nitrogens with zero attached hydrogens (tertiary/aromatic N) is 3. The highest BCUT2D eigenvalue weighted by Crippen LogP contribution is 2.31. The van der Waals surface area contributed by atoms with Crippen LogP contribution in [0.1, 0.15) is 135 Å². The van der Waals surface area contributed by atoms with Crippen molar-refractivity contribution in [1.29, 1.82) is 0 Å². The molecule has 10 atom stereocenters.